The molecule has 0 saturated heterocycles. The maximum absolute atomic E-state index is 11.0. The SMILES string of the molecule is CCOC(=O)C1CC(C#N)C1. The third kappa shape index (κ3) is 1.70. The summed E-state index contributed by atoms with van der Waals surface area (Å²) in [6, 6.07) is 2.12. The summed E-state index contributed by atoms with van der Waals surface area (Å²) in [5.74, 6) is -0.0528. The van der Waals surface area contributed by atoms with Crippen molar-refractivity contribution in [1.29, 1.82) is 5.26 Å². The van der Waals surface area contributed by atoms with Crippen LogP contribution in [-0.2, 0) is 9.53 Å². The van der Waals surface area contributed by atoms with Crippen molar-refractivity contribution in [3.8, 4) is 6.07 Å². The van der Waals surface area contributed by atoms with Crippen LogP contribution < -0.4 is 0 Å². The third-order valence-corrected chi connectivity index (χ3v) is 1.94. The van der Waals surface area contributed by atoms with Gasteiger partial charge in [0.2, 0.25) is 0 Å². The first kappa shape index (κ1) is 8.06. The lowest BCUT2D eigenvalue weighted by Crippen LogP contribution is -2.30. The highest BCUT2D eigenvalue weighted by atomic mass is 16.5. The second kappa shape index (κ2) is 3.38. The monoisotopic (exact) mass is 153 g/mol. The van der Waals surface area contributed by atoms with Gasteiger partial charge in [0.15, 0.2) is 0 Å². The average Bonchev–Trinajstić information content (AvgIpc) is 1.86. The summed E-state index contributed by atoms with van der Waals surface area (Å²) in [5, 5.41) is 8.41. The lowest BCUT2D eigenvalue weighted by molar-refractivity contribution is -0.151. The Hall–Kier alpha value is -1.04. The van der Waals surface area contributed by atoms with E-state index in [-0.39, 0.29) is 17.8 Å². The molecule has 0 amide bonds. The second-order valence-electron chi connectivity index (χ2n) is 2.75. The summed E-state index contributed by atoms with van der Waals surface area (Å²) in [7, 11) is 0. The van der Waals surface area contributed by atoms with E-state index in [1.165, 1.54) is 0 Å². The molecule has 0 aromatic carbocycles. The van der Waals surface area contributed by atoms with E-state index in [2.05, 4.69) is 6.07 Å². The summed E-state index contributed by atoms with van der Waals surface area (Å²) in [6.07, 6.45) is 1.38. The quantitative estimate of drug-likeness (QED) is 0.558. The molecule has 0 spiro atoms. The molecule has 0 aliphatic heterocycles. The number of nitrogens with zero attached hydrogens (tertiary/aromatic N) is 1. The van der Waals surface area contributed by atoms with Crippen LogP contribution in [0.15, 0.2) is 0 Å². The molecule has 3 heteroatoms. The van der Waals surface area contributed by atoms with Gasteiger partial charge in [-0.25, -0.2) is 0 Å². The normalized spacial score (nSPS) is 28.4. The van der Waals surface area contributed by atoms with Crippen molar-refractivity contribution in [2.75, 3.05) is 6.61 Å². The van der Waals surface area contributed by atoms with Gasteiger partial charge < -0.3 is 4.74 Å². The van der Waals surface area contributed by atoms with Gasteiger partial charge in [-0.2, -0.15) is 5.26 Å². The van der Waals surface area contributed by atoms with Gasteiger partial charge in [-0.05, 0) is 19.8 Å². The highest BCUT2D eigenvalue weighted by Crippen LogP contribution is 2.33. The van der Waals surface area contributed by atoms with Crippen molar-refractivity contribution in [1.82, 2.24) is 0 Å². The average molecular weight is 153 g/mol. The van der Waals surface area contributed by atoms with E-state index >= 15 is 0 Å². The molecular formula is C8H11NO2. The maximum atomic E-state index is 11.0. The molecule has 0 bridgehead atoms. The molecule has 1 aliphatic rings. The molecule has 1 aliphatic carbocycles. The minimum absolute atomic E-state index is 0.000370. The fourth-order valence-corrected chi connectivity index (χ4v) is 1.18. The zero-order valence-corrected chi connectivity index (χ0v) is 6.54. The smallest absolute Gasteiger partial charge is 0.309 e. The Labute approximate surface area is 66.0 Å². The number of nitriles is 1. The van der Waals surface area contributed by atoms with E-state index in [1.54, 1.807) is 6.92 Å². The van der Waals surface area contributed by atoms with Crippen LogP contribution in [0.1, 0.15) is 19.8 Å². The van der Waals surface area contributed by atoms with Crippen molar-refractivity contribution >= 4 is 5.97 Å². The Kier molecular flexibility index (Phi) is 2.48. The van der Waals surface area contributed by atoms with E-state index in [0.717, 1.165) is 0 Å². The molecular weight excluding hydrogens is 142 g/mol. The van der Waals surface area contributed by atoms with Crippen molar-refractivity contribution in [2.45, 2.75) is 19.8 Å². The highest BCUT2D eigenvalue weighted by Gasteiger charge is 2.35. The van der Waals surface area contributed by atoms with Crippen molar-refractivity contribution in [3.05, 3.63) is 0 Å². The largest absolute Gasteiger partial charge is 0.466 e. The van der Waals surface area contributed by atoms with E-state index in [4.69, 9.17) is 10.00 Å². The fourth-order valence-electron chi connectivity index (χ4n) is 1.18. The molecule has 0 unspecified atom stereocenters. The first-order valence-corrected chi connectivity index (χ1v) is 3.84. The van der Waals surface area contributed by atoms with Crippen molar-refractivity contribution in [3.63, 3.8) is 0 Å². The van der Waals surface area contributed by atoms with E-state index in [0.29, 0.717) is 19.4 Å². The molecule has 60 valence electrons. The minimum Gasteiger partial charge on any atom is -0.466 e. The predicted molar refractivity (Wildman–Crippen MR) is 38.5 cm³/mol. The molecule has 1 rings (SSSR count). The van der Waals surface area contributed by atoms with E-state index in [1.807, 2.05) is 0 Å². The van der Waals surface area contributed by atoms with Gasteiger partial charge in [0.05, 0.1) is 18.6 Å². The molecule has 0 atom stereocenters. The molecule has 3 nitrogen and oxygen atoms in total. The Morgan fingerprint density at radius 1 is 1.73 bits per heavy atom. The van der Waals surface area contributed by atoms with Gasteiger partial charge in [0.25, 0.3) is 0 Å². The number of hydrogen-bond acceptors (Lipinski definition) is 3. The van der Waals surface area contributed by atoms with Gasteiger partial charge >= 0.3 is 5.97 Å². The van der Waals surface area contributed by atoms with Crippen LogP contribution in [0.25, 0.3) is 0 Å². The lowest BCUT2D eigenvalue weighted by atomic mass is 9.76. The summed E-state index contributed by atoms with van der Waals surface area (Å²) in [4.78, 5) is 11.0. The van der Waals surface area contributed by atoms with Gasteiger partial charge in [0, 0.05) is 5.92 Å². The van der Waals surface area contributed by atoms with Crippen LogP contribution in [0.2, 0.25) is 0 Å². The number of ether oxygens (including phenoxy) is 1. The number of carbonyl (C=O) groups excluding carboxylic acids is 1. The van der Waals surface area contributed by atoms with Gasteiger partial charge in [0.1, 0.15) is 0 Å². The van der Waals surface area contributed by atoms with Crippen LogP contribution in [0.3, 0.4) is 0 Å². The molecule has 0 radical (unpaired) electrons. The fraction of sp³-hybridized carbons (Fsp3) is 0.750. The first-order valence-electron chi connectivity index (χ1n) is 3.84. The van der Waals surface area contributed by atoms with E-state index < -0.39 is 0 Å². The maximum Gasteiger partial charge on any atom is 0.309 e. The summed E-state index contributed by atoms with van der Waals surface area (Å²) < 4.78 is 4.79. The van der Waals surface area contributed by atoms with E-state index in [9.17, 15) is 4.79 Å². The van der Waals surface area contributed by atoms with Gasteiger partial charge in [-0.15, -0.1) is 0 Å². The number of rotatable bonds is 2. The Bertz CT molecular complexity index is 189. The number of hydrogen-bond donors (Lipinski definition) is 0. The van der Waals surface area contributed by atoms with Gasteiger partial charge in [-0.3, -0.25) is 4.79 Å². The zero-order valence-electron chi connectivity index (χ0n) is 6.54. The van der Waals surface area contributed by atoms with Crippen LogP contribution in [0.4, 0.5) is 0 Å². The van der Waals surface area contributed by atoms with Gasteiger partial charge in [-0.1, -0.05) is 0 Å². The first-order chi connectivity index (χ1) is 5.27. The van der Waals surface area contributed by atoms with Crippen LogP contribution in [0, 0.1) is 23.2 Å². The minimum atomic E-state index is -0.140. The topological polar surface area (TPSA) is 50.1 Å². The predicted octanol–water partition coefficient (Wildman–Crippen LogP) is 1.10. The molecule has 0 aromatic heterocycles. The number of esters is 1. The highest BCUT2D eigenvalue weighted by molar-refractivity contribution is 5.73. The van der Waals surface area contributed by atoms with Crippen LogP contribution in [-0.4, -0.2) is 12.6 Å². The summed E-state index contributed by atoms with van der Waals surface area (Å²) >= 11 is 0. The summed E-state index contributed by atoms with van der Waals surface area (Å²) in [5.41, 5.74) is 0. The van der Waals surface area contributed by atoms with Crippen LogP contribution >= 0.6 is 0 Å². The molecule has 0 aromatic rings. The number of carbonyl (C=O) groups is 1. The molecule has 1 fully saturated rings. The Morgan fingerprint density at radius 2 is 2.36 bits per heavy atom. The second-order valence-corrected chi connectivity index (χ2v) is 2.75. The molecule has 11 heavy (non-hydrogen) atoms. The lowest BCUT2D eigenvalue weighted by Gasteiger charge is -2.27. The zero-order chi connectivity index (χ0) is 8.27. The Morgan fingerprint density at radius 3 is 2.82 bits per heavy atom. The van der Waals surface area contributed by atoms with Crippen molar-refractivity contribution in [2.24, 2.45) is 11.8 Å². The molecule has 0 N–H and O–H groups in total. The van der Waals surface area contributed by atoms with Crippen molar-refractivity contribution < 1.29 is 9.53 Å². The Balaban J connectivity index is 2.22. The third-order valence-electron chi connectivity index (χ3n) is 1.94. The molecule has 1 saturated carbocycles. The van der Waals surface area contributed by atoms with Crippen LogP contribution in [0.5, 0.6) is 0 Å². The summed E-state index contributed by atoms with van der Waals surface area (Å²) in [6.45, 7) is 2.23. The molecule has 0 heterocycles. The standard InChI is InChI=1S/C8H11NO2/c1-2-11-8(10)7-3-6(4-7)5-9/h6-7H,2-4H2,1H3.